The van der Waals surface area contributed by atoms with Crippen LogP contribution >= 0.6 is 0 Å². The first-order valence-electron chi connectivity index (χ1n) is 23.4. The summed E-state index contributed by atoms with van der Waals surface area (Å²) in [5.41, 5.74) is -2.33. The monoisotopic (exact) mass is 966 g/mol. The maximum absolute atomic E-state index is 14.3. The van der Waals surface area contributed by atoms with Gasteiger partial charge in [0.1, 0.15) is 97.7 Å². The van der Waals surface area contributed by atoms with Gasteiger partial charge in [0, 0.05) is 0 Å². The molecule has 4 aliphatic carbocycles. The minimum absolute atomic E-state index is 0.0251. The first-order chi connectivity index (χ1) is 31.6. The normalized spacial score (nSPS) is 54.5. The van der Waals surface area contributed by atoms with Crippen LogP contribution in [0.4, 0.5) is 0 Å². The Kier molecular flexibility index (Phi) is 15.0. The number of esters is 1. The highest BCUT2D eigenvalue weighted by Crippen LogP contribution is 2.74. The minimum atomic E-state index is -1.95. The van der Waals surface area contributed by atoms with Gasteiger partial charge in [-0.3, -0.25) is 4.79 Å². The van der Waals surface area contributed by atoms with E-state index in [0.29, 0.717) is 56.9 Å². The molecule has 0 amide bonds. The molecule has 23 nitrogen and oxygen atoms in total. The maximum atomic E-state index is 14.3. The number of hydrogen-bond donors (Lipinski definition) is 14. The Labute approximate surface area is 386 Å². The lowest BCUT2D eigenvalue weighted by Crippen LogP contribution is -2.68. The Bertz CT molecular complexity index is 1760. The SMILES string of the molecule is C=C1C[C@]23CC[C@H]4[C@@](C)(CCC[C@@]4(C)C(=O)OC4OC(CO)C(O)C(O)C4O)[C@H]2CC[C@]1(O[C@H]1OC(CO)C(O)C(O[C@H]2OC(CO)C(O)C(O)C2O)C1O[C@@H]1OC(CO)C(O)C(O)C1O)C3. The van der Waals surface area contributed by atoms with Crippen LogP contribution in [0.15, 0.2) is 12.2 Å². The van der Waals surface area contributed by atoms with E-state index in [2.05, 4.69) is 13.5 Å². The fourth-order valence-electron chi connectivity index (χ4n) is 13.5. The number of ether oxygens (including phenoxy) is 8. The van der Waals surface area contributed by atoms with Crippen molar-refractivity contribution in [2.45, 2.75) is 200 Å². The second kappa shape index (κ2) is 19.4. The highest BCUT2D eigenvalue weighted by Gasteiger charge is 2.70. The molecule has 4 aliphatic heterocycles. The molecule has 4 saturated heterocycles. The van der Waals surface area contributed by atoms with Crippen LogP contribution in [0.1, 0.15) is 71.6 Å². The third kappa shape index (κ3) is 8.63. The second-order valence-electron chi connectivity index (χ2n) is 20.8. The van der Waals surface area contributed by atoms with Crippen LogP contribution in [0.3, 0.4) is 0 Å². The summed E-state index contributed by atoms with van der Waals surface area (Å²) in [7, 11) is 0. The molecule has 14 N–H and O–H groups in total. The van der Waals surface area contributed by atoms with E-state index < -0.39 is 177 Å². The summed E-state index contributed by atoms with van der Waals surface area (Å²) in [5, 5.41) is 148. The number of aliphatic hydroxyl groups is 14. The van der Waals surface area contributed by atoms with Crippen LogP contribution in [-0.4, -0.2) is 232 Å². The molecule has 4 heterocycles. The minimum Gasteiger partial charge on any atom is -0.432 e. The summed E-state index contributed by atoms with van der Waals surface area (Å²) in [5.74, 6) is -0.805. The summed E-state index contributed by atoms with van der Waals surface area (Å²) >= 11 is 0. The van der Waals surface area contributed by atoms with Gasteiger partial charge in [-0.1, -0.05) is 19.9 Å². The molecular weight excluding hydrogens is 896 g/mol. The van der Waals surface area contributed by atoms with Crippen molar-refractivity contribution in [3.63, 3.8) is 0 Å². The largest absolute Gasteiger partial charge is 0.432 e. The summed E-state index contributed by atoms with van der Waals surface area (Å²) in [6.07, 6.45) is -29.1. The van der Waals surface area contributed by atoms with Crippen molar-refractivity contribution in [1.29, 1.82) is 0 Å². The fraction of sp³-hybridized carbons (Fsp3) is 0.932. The van der Waals surface area contributed by atoms with Crippen molar-refractivity contribution >= 4 is 5.97 Å². The van der Waals surface area contributed by atoms with E-state index in [1.165, 1.54) is 0 Å². The van der Waals surface area contributed by atoms with Crippen LogP contribution in [0.5, 0.6) is 0 Å². The zero-order chi connectivity index (χ0) is 48.7. The molecule has 26 atom stereocenters. The van der Waals surface area contributed by atoms with Gasteiger partial charge in [-0.15, -0.1) is 0 Å². The molecule has 4 saturated carbocycles. The third-order valence-electron chi connectivity index (χ3n) is 17.1. The van der Waals surface area contributed by atoms with Gasteiger partial charge in [-0.2, -0.15) is 0 Å². The molecule has 8 aliphatic rings. The highest BCUT2D eigenvalue weighted by molar-refractivity contribution is 5.77. The molecule has 2 bridgehead atoms. The van der Waals surface area contributed by atoms with E-state index in [0.717, 1.165) is 6.42 Å². The van der Waals surface area contributed by atoms with Gasteiger partial charge in [-0.25, -0.2) is 0 Å². The van der Waals surface area contributed by atoms with E-state index in [1.807, 2.05) is 6.92 Å². The Morgan fingerprint density at radius 1 is 0.567 bits per heavy atom. The molecule has 0 aromatic carbocycles. The number of aliphatic hydroxyl groups excluding tert-OH is 14. The quantitative estimate of drug-likeness (QED) is 0.0494. The molecule has 23 heteroatoms. The van der Waals surface area contributed by atoms with Gasteiger partial charge in [0.15, 0.2) is 18.9 Å². The standard InChI is InChI=1S/C44H70O23/c1-17-11-43-9-5-22-41(2,7-4-8-42(22,3)40(59)66-38-33(58)30(55)26(51)20(14-47)62-38)23(43)6-10-44(17,16-43)67-39-35(65-37-32(57)29(54)25(50)19(13-46)61-37)34(27(52)21(15-48)63-39)64-36-31(56)28(53)24(49)18(12-45)60-36/h18-39,45-58H,1,4-16H2,2-3H3/t18?,19?,20?,21?,22-,23+,24?,25?,26?,27?,28?,29?,30?,31?,32?,33?,34?,35?,36+,37-,38?,39+,41+,42+,43-,44-/m0/s1. The van der Waals surface area contributed by atoms with E-state index >= 15 is 0 Å². The Morgan fingerprint density at radius 3 is 1.57 bits per heavy atom. The Morgan fingerprint density at radius 2 is 1.03 bits per heavy atom. The van der Waals surface area contributed by atoms with Crippen LogP contribution in [0.25, 0.3) is 0 Å². The van der Waals surface area contributed by atoms with Crippen LogP contribution in [0.2, 0.25) is 0 Å². The van der Waals surface area contributed by atoms with Crippen molar-refractivity contribution in [3.8, 4) is 0 Å². The second-order valence-corrected chi connectivity index (χ2v) is 20.8. The van der Waals surface area contributed by atoms with Gasteiger partial charge in [0.05, 0.1) is 37.4 Å². The van der Waals surface area contributed by atoms with E-state index in [1.54, 1.807) is 0 Å². The van der Waals surface area contributed by atoms with Gasteiger partial charge >= 0.3 is 5.97 Å². The molecule has 0 aromatic rings. The first kappa shape index (κ1) is 51.7. The predicted molar refractivity (Wildman–Crippen MR) is 219 cm³/mol. The summed E-state index contributed by atoms with van der Waals surface area (Å²) in [6.45, 7) is 5.41. The number of carbonyl (C=O) groups is 1. The first-order valence-corrected chi connectivity index (χ1v) is 23.4. The summed E-state index contributed by atoms with van der Waals surface area (Å²) < 4.78 is 48.2. The molecule has 384 valence electrons. The lowest BCUT2D eigenvalue weighted by Gasteiger charge is -2.64. The Balaban J connectivity index is 1.06. The van der Waals surface area contributed by atoms with Crippen molar-refractivity contribution < 1.29 is 114 Å². The van der Waals surface area contributed by atoms with Crippen LogP contribution in [0, 0.1) is 28.1 Å². The maximum Gasteiger partial charge on any atom is 0.314 e. The molecule has 0 radical (unpaired) electrons. The average Bonchev–Trinajstić information content (AvgIpc) is 3.50. The summed E-state index contributed by atoms with van der Waals surface area (Å²) in [4.78, 5) is 14.3. The van der Waals surface area contributed by atoms with Crippen molar-refractivity contribution in [3.05, 3.63) is 12.2 Å². The number of hydrogen-bond acceptors (Lipinski definition) is 23. The van der Waals surface area contributed by atoms with Gasteiger partial charge in [0.25, 0.3) is 0 Å². The number of carbonyl (C=O) groups excluding carboxylic acids is 1. The van der Waals surface area contributed by atoms with Crippen molar-refractivity contribution in [2.75, 3.05) is 26.4 Å². The molecule has 17 unspecified atom stereocenters. The molecule has 8 rings (SSSR count). The average molecular weight is 967 g/mol. The van der Waals surface area contributed by atoms with E-state index in [-0.39, 0.29) is 11.8 Å². The van der Waals surface area contributed by atoms with Crippen LogP contribution in [-0.2, 0) is 42.7 Å². The molecular formula is C44H70O23. The predicted octanol–water partition coefficient (Wildman–Crippen LogP) is -5.11. The molecule has 8 fully saturated rings. The highest BCUT2D eigenvalue weighted by atomic mass is 16.8. The van der Waals surface area contributed by atoms with E-state index in [9.17, 15) is 76.3 Å². The van der Waals surface area contributed by atoms with Crippen molar-refractivity contribution in [2.24, 2.45) is 28.1 Å². The van der Waals surface area contributed by atoms with Gasteiger partial charge in [-0.05, 0) is 86.5 Å². The van der Waals surface area contributed by atoms with Crippen molar-refractivity contribution in [1.82, 2.24) is 0 Å². The fourth-order valence-corrected chi connectivity index (χ4v) is 13.5. The lowest BCUT2D eigenvalue weighted by molar-refractivity contribution is -0.400. The molecule has 1 spiro atoms. The summed E-state index contributed by atoms with van der Waals surface area (Å²) in [6, 6.07) is 0. The zero-order valence-electron chi connectivity index (χ0n) is 37.5. The van der Waals surface area contributed by atoms with E-state index in [4.69, 9.17) is 37.9 Å². The zero-order valence-corrected chi connectivity index (χ0v) is 37.5. The smallest absolute Gasteiger partial charge is 0.314 e. The van der Waals surface area contributed by atoms with Crippen LogP contribution < -0.4 is 0 Å². The molecule has 0 aromatic heterocycles. The van der Waals surface area contributed by atoms with Gasteiger partial charge in [0.2, 0.25) is 6.29 Å². The number of rotatable bonds is 12. The third-order valence-corrected chi connectivity index (χ3v) is 17.1. The number of fused-ring (bicyclic) bond motifs is 3. The Hall–Kier alpha value is -1.63. The van der Waals surface area contributed by atoms with Gasteiger partial charge < -0.3 is 109 Å². The topological polar surface area (TPSA) is 374 Å². The lowest BCUT2D eigenvalue weighted by atomic mass is 9.41. The molecule has 67 heavy (non-hydrogen) atoms.